The molecular weight excluding hydrogens is 476 g/mol. The lowest BCUT2D eigenvalue weighted by Gasteiger charge is -2.36. The van der Waals surface area contributed by atoms with E-state index in [0.717, 1.165) is 11.1 Å². The summed E-state index contributed by atoms with van der Waals surface area (Å²) < 4.78 is 29.1. The van der Waals surface area contributed by atoms with E-state index in [9.17, 15) is 0 Å². The average molecular weight is 507 g/mol. The van der Waals surface area contributed by atoms with Crippen LogP contribution in [0.1, 0.15) is 31.9 Å². The summed E-state index contributed by atoms with van der Waals surface area (Å²) in [6.07, 6.45) is 0. The quantitative estimate of drug-likeness (QED) is 0.341. The van der Waals surface area contributed by atoms with Gasteiger partial charge in [0.25, 0.3) is 8.32 Å². The number of hydrogen-bond acceptors (Lipinski definition) is 5. The molecule has 0 spiro atoms. The number of halogens is 1. The summed E-state index contributed by atoms with van der Waals surface area (Å²) >= 11 is 3.57. The highest BCUT2D eigenvalue weighted by Crippen LogP contribution is 2.44. The fourth-order valence-electron chi connectivity index (χ4n) is 2.61. The summed E-state index contributed by atoms with van der Waals surface area (Å²) in [5.74, 6) is 9.39. The smallest absolute Gasteiger partial charge is 0.250 e. The van der Waals surface area contributed by atoms with Crippen molar-refractivity contribution in [3.8, 4) is 40.6 Å². The van der Waals surface area contributed by atoms with E-state index in [1.54, 1.807) is 28.4 Å². The highest BCUT2D eigenvalue weighted by atomic mass is 79.9. The molecule has 0 radical (unpaired) electrons. The van der Waals surface area contributed by atoms with Gasteiger partial charge in [0.1, 0.15) is 5.75 Å². The van der Waals surface area contributed by atoms with Gasteiger partial charge in [-0.25, -0.2) is 0 Å². The molecule has 0 amide bonds. The first-order valence-corrected chi connectivity index (χ1v) is 13.6. The van der Waals surface area contributed by atoms with E-state index >= 15 is 0 Å². The van der Waals surface area contributed by atoms with Gasteiger partial charge in [0.05, 0.1) is 32.9 Å². The number of rotatable bonds is 6. The molecular formula is C24H31BrO5Si. The number of ether oxygens (including phenoxy) is 4. The van der Waals surface area contributed by atoms with Crippen molar-refractivity contribution < 1.29 is 23.4 Å². The molecule has 0 aliphatic heterocycles. The van der Waals surface area contributed by atoms with Crippen LogP contribution >= 0.6 is 15.9 Å². The molecule has 0 bridgehead atoms. The van der Waals surface area contributed by atoms with Crippen molar-refractivity contribution in [1.29, 1.82) is 0 Å². The van der Waals surface area contributed by atoms with Crippen LogP contribution in [0.5, 0.6) is 28.7 Å². The van der Waals surface area contributed by atoms with E-state index < -0.39 is 8.32 Å². The SMILES string of the molecule is COc1ccc(C#Cc2cc(OC)c(OC)c(OC)c2Br)cc1O[Si](C)(C)C(C)(C)C. The van der Waals surface area contributed by atoms with E-state index in [2.05, 4.69) is 61.6 Å². The first kappa shape index (κ1) is 25.0. The Kier molecular flexibility index (Phi) is 7.96. The minimum Gasteiger partial charge on any atom is -0.541 e. The first-order chi connectivity index (χ1) is 14.5. The third kappa shape index (κ3) is 5.49. The molecule has 7 heteroatoms. The molecule has 31 heavy (non-hydrogen) atoms. The number of hydrogen-bond donors (Lipinski definition) is 0. The van der Waals surface area contributed by atoms with Crippen molar-refractivity contribution in [3.05, 3.63) is 39.9 Å². The minimum atomic E-state index is -2.03. The van der Waals surface area contributed by atoms with Crippen molar-refractivity contribution in [3.63, 3.8) is 0 Å². The van der Waals surface area contributed by atoms with Crippen LogP contribution < -0.4 is 23.4 Å². The molecule has 0 heterocycles. The van der Waals surface area contributed by atoms with Crippen LogP contribution in [0.15, 0.2) is 28.7 Å². The van der Waals surface area contributed by atoms with Crippen LogP contribution in [0.4, 0.5) is 0 Å². The van der Waals surface area contributed by atoms with E-state index in [1.807, 2.05) is 24.3 Å². The van der Waals surface area contributed by atoms with Crippen molar-refractivity contribution in [2.24, 2.45) is 0 Å². The molecule has 2 rings (SSSR count). The zero-order chi connectivity index (χ0) is 23.4. The van der Waals surface area contributed by atoms with Gasteiger partial charge in [-0.15, -0.1) is 0 Å². The Morgan fingerprint density at radius 2 is 1.39 bits per heavy atom. The zero-order valence-corrected chi connectivity index (χ0v) is 22.3. The largest absolute Gasteiger partial charge is 0.541 e. The summed E-state index contributed by atoms with van der Waals surface area (Å²) in [5.41, 5.74) is 1.53. The van der Waals surface area contributed by atoms with Gasteiger partial charge in [-0.3, -0.25) is 0 Å². The topological polar surface area (TPSA) is 46.2 Å². The molecule has 0 saturated carbocycles. The summed E-state index contributed by atoms with van der Waals surface area (Å²) in [5, 5.41) is 0.0702. The molecule has 0 aliphatic carbocycles. The Labute approximate surface area is 195 Å². The van der Waals surface area contributed by atoms with Crippen molar-refractivity contribution in [2.45, 2.75) is 38.9 Å². The third-order valence-corrected chi connectivity index (χ3v) is 10.6. The Hall–Kier alpha value is -2.30. The molecule has 0 unspecified atom stereocenters. The van der Waals surface area contributed by atoms with Gasteiger partial charge in [0.2, 0.25) is 5.75 Å². The van der Waals surface area contributed by atoms with Crippen LogP contribution in [0.3, 0.4) is 0 Å². The zero-order valence-electron chi connectivity index (χ0n) is 19.7. The summed E-state index contributed by atoms with van der Waals surface area (Å²) in [6, 6.07) is 7.54. The molecule has 2 aromatic carbocycles. The molecule has 0 aliphatic rings. The molecule has 0 aromatic heterocycles. The molecule has 0 saturated heterocycles. The maximum atomic E-state index is 6.49. The minimum absolute atomic E-state index is 0.0702. The Balaban J connectivity index is 2.51. The summed E-state index contributed by atoms with van der Waals surface area (Å²) in [6.45, 7) is 11.0. The Bertz CT molecular complexity index is 1000. The van der Waals surface area contributed by atoms with E-state index in [4.69, 9.17) is 23.4 Å². The molecule has 0 N–H and O–H groups in total. The average Bonchev–Trinajstić information content (AvgIpc) is 2.71. The highest BCUT2D eigenvalue weighted by Gasteiger charge is 2.39. The predicted octanol–water partition coefficient (Wildman–Crippen LogP) is 6.27. The monoisotopic (exact) mass is 506 g/mol. The van der Waals surface area contributed by atoms with Crippen LogP contribution in [0, 0.1) is 11.8 Å². The number of benzene rings is 2. The summed E-state index contributed by atoms with van der Waals surface area (Å²) in [7, 11) is 4.34. The lowest BCUT2D eigenvalue weighted by atomic mass is 10.1. The van der Waals surface area contributed by atoms with Gasteiger partial charge in [-0.1, -0.05) is 32.6 Å². The third-order valence-electron chi connectivity index (χ3n) is 5.45. The van der Waals surface area contributed by atoms with Crippen molar-refractivity contribution >= 4 is 24.2 Å². The van der Waals surface area contributed by atoms with E-state index in [0.29, 0.717) is 33.2 Å². The van der Waals surface area contributed by atoms with E-state index in [1.165, 1.54) is 0 Å². The second-order valence-corrected chi connectivity index (χ2v) is 14.0. The van der Waals surface area contributed by atoms with Crippen LogP contribution in [0.25, 0.3) is 0 Å². The molecule has 0 fully saturated rings. The van der Waals surface area contributed by atoms with Gasteiger partial charge < -0.3 is 23.4 Å². The van der Waals surface area contributed by atoms with Gasteiger partial charge in [-0.2, -0.15) is 0 Å². The second kappa shape index (κ2) is 9.88. The normalized spacial score (nSPS) is 11.3. The van der Waals surface area contributed by atoms with Crippen LogP contribution in [-0.4, -0.2) is 36.8 Å². The fraction of sp³-hybridized carbons (Fsp3) is 0.417. The Morgan fingerprint density at radius 1 is 0.774 bits per heavy atom. The van der Waals surface area contributed by atoms with Gasteiger partial charge in [0.15, 0.2) is 17.2 Å². The van der Waals surface area contributed by atoms with Gasteiger partial charge >= 0.3 is 0 Å². The van der Waals surface area contributed by atoms with Crippen LogP contribution in [0.2, 0.25) is 18.1 Å². The lowest BCUT2D eigenvalue weighted by Crippen LogP contribution is -2.43. The van der Waals surface area contributed by atoms with Crippen molar-refractivity contribution in [1.82, 2.24) is 0 Å². The maximum absolute atomic E-state index is 6.49. The molecule has 5 nitrogen and oxygen atoms in total. The molecule has 2 aromatic rings. The summed E-state index contributed by atoms with van der Waals surface area (Å²) in [4.78, 5) is 0. The fourth-order valence-corrected chi connectivity index (χ4v) is 4.18. The van der Waals surface area contributed by atoms with Crippen molar-refractivity contribution in [2.75, 3.05) is 28.4 Å². The van der Waals surface area contributed by atoms with Gasteiger partial charge in [0, 0.05) is 17.2 Å². The number of methoxy groups -OCH3 is 4. The van der Waals surface area contributed by atoms with E-state index in [-0.39, 0.29) is 5.04 Å². The Morgan fingerprint density at radius 3 is 1.90 bits per heavy atom. The first-order valence-electron chi connectivity index (χ1n) is 9.86. The molecule has 0 atom stereocenters. The highest BCUT2D eigenvalue weighted by molar-refractivity contribution is 9.10. The second-order valence-electron chi connectivity index (χ2n) is 8.48. The standard InChI is InChI=1S/C24H31BrO5Si/c1-24(2,3)31(8,9)30-19-14-16(11-13-18(19)26-4)10-12-17-15-20(27-5)22(28-6)23(29-7)21(17)25/h11,13-15H,1-9H3. The maximum Gasteiger partial charge on any atom is 0.250 e. The van der Waals surface area contributed by atoms with Gasteiger partial charge in [-0.05, 0) is 52.3 Å². The lowest BCUT2D eigenvalue weighted by molar-refractivity contribution is 0.323. The van der Waals surface area contributed by atoms with Crippen LogP contribution in [-0.2, 0) is 0 Å². The predicted molar refractivity (Wildman–Crippen MR) is 131 cm³/mol. The molecule has 168 valence electrons.